The van der Waals surface area contributed by atoms with Crippen molar-refractivity contribution < 1.29 is 5.11 Å². The van der Waals surface area contributed by atoms with Crippen molar-refractivity contribution in [3.8, 4) is 0 Å². The Morgan fingerprint density at radius 2 is 1.89 bits per heavy atom. The summed E-state index contributed by atoms with van der Waals surface area (Å²) in [4.78, 5) is 2.37. The van der Waals surface area contributed by atoms with Gasteiger partial charge in [0.15, 0.2) is 0 Å². The van der Waals surface area contributed by atoms with Crippen LogP contribution in [-0.2, 0) is 6.61 Å². The monoisotopic (exact) mass is 313 g/mol. The fraction of sp³-hybridized carbons (Fsp3) is 0.600. The lowest BCUT2D eigenvalue weighted by atomic mass is 10.0. The van der Waals surface area contributed by atoms with Crippen LogP contribution in [0.2, 0.25) is 0 Å². The minimum atomic E-state index is 0.0915. The number of benzene rings is 1. The Balaban J connectivity index is 2.93. The first-order chi connectivity index (χ1) is 8.65. The molecule has 0 unspecified atom stereocenters. The number of anilines is 1. The molecule has 1 rings (SSSR count). The summed E-state index contributed by atoms with van der Waals surface area (Å²) in [5.74, 6) is 0.722. The molecule has 0 heterocycles. The van der Waals surface area contributed by atoms with E-state index >= 15 is 0 Å². The highest BCUT2D eigenvalue weighted by Gasteiger charge is 2.13. The molecule has 18 heavy (non-hydrogen) atoms. The van der Waals surface area contributed by atoms with Crippen LogP contribution in [0, 0.1) is 5.92 Å². The first-order valence-corrected chi connectivity index (χ1v) is 7.59. The normalized spacial score (nSPS) is 11.0. The minimum Gasteiger partial charge on any atom is -0.392 e. The standard InChI is InChI=1S/C15H24BrNO/c1-4-12(5-2)10-17(6-3)15-8-7-14(16)9-13(15)11-18/h7-9,12,18H,4-6,10-11H2,1-3H3. The molecule has 102 valence electrons. The highest BCUT2D eigenvalue weighted by atomic mass is 79.9. The van der Waals surface area contributed by atoms with Gasteiger partial charge in [0.1, 0.15) is 0 Å². The minimum absolute atomic E-state index is 0.0915. The van der Waals surface area contributed by atoms with Crippen LogP contribution in [0.1, 0.15) is 39.2 Å². The lowest BCUT2D eigenvalue weighted by Crippen LogP contribution is -2.29. The molecule has 0 radical (unpaired) electrons. The lowest BCUT2D eigenvalue weighted by molar-refractivity contribution is 0.282. The first kappa shape index (κ1) is 15.5. The highest BCUT2D eigenvalue weighted by Crippen LogP contribution is 2.26. The summed E-state index contributed by atoms with van der Waals surface area (Å²) in [5, 5.41) is 9.49. The topological polar surface area (TPSA) is 23.5 Å². The van der Waals surface area contributed by atoms with E-state index in [1.807, 2.05) is 12.1 Å². The molecule has 1 N–H and O–H groups in total. The zero-order valence-electron chi connectivity index (χ0n) is 11.6. The van der Waals surface area contributed by atoms with E-state index in [1.54, 1.807) is 0 Å². The molecular weight excluding hydrogens is 290 g/mol. The van der Waals surface area contributed by atoms with Gasteiger partial charge in [0.05, 0.1) is 6.61 Å². The Bertz CT molecular complexity index is 364. The van der Waals surface area contributed by atoms with E-state index in [0.29, 0.717) is 0 Å². The Kier molecular flexibility index (Phi) is 6.72. The summed E-state index contributed by atoms with van der Waals surface area (Å²) >= 11 is 3.46. The van der Waals surface area contributed by atoms with E-state index in [-0.39, 0.29) is 6.61 Å². The number of aliphatic hydroxyl groups excluding tert-OH is 1. The van der Waals surface area contributed by atoms with Gasteiger partial charge in [-0.25, -0.2) is 0 Å². The molecule has 0 saturated carbocycles. The van der Waals surface area contributed by atoms with E-state index in [9.17, 15) is 5.11 Å². The van der Waals surface area contributed by atoms with Gasteiger partial charge < -0.3 is 10.0 Å². The van der Waals surface area contributed by atoms with Crippen LogP contribution in [0.5, 0.6) is 0 Å². The second-order valence-corrected chi connectivity index (χ2v) is 5.57. The van der Waals surface area contributed by atoms with Crippen molar-refractivity contribution in [2.24, 2.45) is 5.92 Å². The Morgan fingerprint density at radius 1 is 1.22 bits per heavy atom. The summed E-state index contributed by atoms with van der Waals surface area (Å²) in [6.07, 6.45) is 2.41. The maximum absolute atomic E-state index is 9.49. The maximum Gasteiger partial charge on any atom is 0.0702 e. The number of halogens is 1. The van der Waals surface area contributed by atoms with Crippen molar-refractivity contribution in [2.75, 3.05) is 18.0 Å². The van der Waals surface area contributed by atoms with Gasteiger partial charge in [0.25, 0.3) is 0 Å². The number of nitrogens with zero attached hydrogens (tertiary/aromatic N) is 1. The van der Waals surface area contributed by atoms with E-state index < -0.39 is 0 Å². The molecule has 0 atom stereocenters. The molecule has 0 bridgehead atoms. The van der Waals surface area contributed by atoms with Crippen LogP contribution in [0.4, 0.5) is 5.69 Å². The molecule has 0 spiro atoms. The molecule has 2 nitrogen and oxygen atoms in total. The molecule has 0 aliphatic heterocycles. The average molecular weight is 314 g/mol. The summed E-state index contributed by atoms with van der Waals surface area (Å²) in [7, 11) is 0. The van der Waals surface area contributed by atoms with E-state index in [2.05, 4.69) is 47.7 Å². The van der Waals surface area contributed by atoms with Crippen molar-refractivity contribution in [2.45, 2.75) is 40.2 Å². The van der Waals surface area contributed by atoms with Gasteiger partial charge in [-0.1, -0.05) is 42.6 Å². The average Bonchev–Trinajstić information content (AvgIpc) is 2.41. The van der Waals surface area contributed by atoms with Crippen LogP contribution in [0.3, 0.4) is 0 Å². The molecule has 0 fully saturated rings. The Hall–Kier alpha value is -0.540. The number of rotatable bonds is 7. The predicted octanol–water partition coefficient (Wildman–Crippen LogP) is 4.20. The summed E-state index contributed by atoms with van der Waals surface area (Å²) in [6.45, 7) is 8.80. The SMILES string of the molecule is CCC(CC)CN(CC)c1ccc(Br)cc1CO. The molecule has 1 aromatic rings. The molecule has 3 heteroatoms. The largest absolute Gasteiger partial charge is 0.392 e. The van der Waals surface area contributed by atoms with Crippen molar-refractivity contribution in [1.29, 1.82) is 0 Å². The maximum atomic E-state index is 9.49. The lowest BCUT2D eigenvalue weighted by Gasteiger charge is -2.29. The number of hydrogen-bond acceptors (Lipinski definition) is 2. The number of hydrogen-bond donors (Lipinski definition) is 1. The van der Waals surface area contributed by atoms with Gasteiger partial charge in [0.2, 0.25) is 0 Å². The second kappa shape index (κ2) is 7.80. The molecule has 0 saturated heterocycles. The molecule has 0 aromatic heterocycles. The van der Waals surface area contributed by atoms with Gasteiger partial charge in [-0.15, -0.1) is 0 Å². The zero-order valence-corrected chi connectivity index (χ0v) is 13.2. The van der Waals surface area contributed by atoms with E-state index in [0.717, 1.165) is 34.7 Å². The van der Waals surface area contributed by atoms with Crippen LogP contribution in [0.25, 0.3) is 0 Å². The first-order valence-electron chi connectivity index (χ1n) is 6.80. The van der Waals surface area contributed by atoms with Gasteiger partial charge in [-0.2, -0.15) is 0 Å². The van der Waals surface area contributed by atoms with Crippen LogP contribution >= 0.6 is 15.9 Å². The Labute approximate surface area is 119 Å². The van der Waals surface area contributed by atoms with E-state index in [4.69, 9.17) is 0 Å². The number of aliphatic hydroxyl groups is 1. The van der Waals surface area contributed by atoms with Gasteiger partial charge in [-0.3, -0.25) is 0 Å². The van der Waals surface area contributed by atoms with Gasteiger partial charge in [-0.05, 0) is 31.0 Å². The van der Waals surface area contributed by atoms with Crippen LogP contribution < -0.4 is 4.90 Å². The molecule has 0 amide bonds. The van der Waals surface area contributed by atoms with Crippen LogP contribution in [-0.4, -0.2) is 18.2 Å². The third kappa shape index (κ3) is 3.99. The second-order valence-electron chi connectivity index (χ2n) is 4.65. The van der Waals surface area contributed by atoms with Gasteiger partial charge >= 0.3 is 0 Å². The third-order valence-corrected chi connectivity index (χ3v) is 4.06. The predicted molar refractivity (Wildman–Crippen MR) is 82.0 cm³/mol. The summed E-state index contributed by atoms with van der Waals surface area (Å²) < 4.78 is 1.02. The van der Waals surface area contributed by atoms with Crippen molar-refractivity contribution in [3.05, 3.63) is 28.2 Å². The summed E-state index contributed by atoms with van der Waals surface area (Å²) in [5.41, 5.74) is 2.16. The molecule has 1 aromatic carbocycles. The molecule has 0 aliphatic rings. The molecular formula is C15H24BrNO. The highest BCUT2D eigenvalue weighted by molar-refractivity contribution is 9.10. The fourth-order valence-electron chi connectivity index (χ4n) is 2.25. The Morgan fingerprint density at radius 3 is 2.39 bits per heavy atom. The smallest absolute Gasteiger partial charge is 0.0702 e. The van der Waals surface area contributed by atoms with Gasteiger partial charge in [0, 0.05) is 28.8 Å². The summed E-state index contributed by atoms with van der Waals surface area (Å²) in [6, 6.07) is 6.15. The zero-order chi connectivity index (χ0) is 13.5. The fourth-order valence-corrected chi connectivity index (χ4v) is 2.65. The van der Waals surface area contributed by atoms with Crippen molar-refractivity contribution >= 4 is 21.6 Å². The quantitative estimate of drug-likeness (QED) is 0.815. The van der Waals surface area contributed by atoms with Crippen molar-refractivity contribution in [3.63, 3.8) is 0 Å². The van der Waals surface area contributed by atoms with Crippen LogP contribution in [0.15, 0.2) is 22.7 Å². The third-order valence-electron chi connectivity index (χ3n) is 3.57. The van der Waals surface area contributed by atoms with Crippen molar-refractivity contribution in [1.82, 2.24) is 0 Å². The molecule has 0 aliphatic carbocycles. The van der Waals surface area contributed by atoms with E-state index in [1.165, 1.54) is 12.8 Å².